The van der Waals surface area contributed by atoms with Gasteiger partial charge in [-0.2, -0.15) is 0 Å². The first-order valence-corrected chi connectivity index (χ1v) is 26.7. The van der Waals surface area contributed by atoms with Crippen LogP contribution in [0.2, 0.25) is 0 Å². The van der Waals surface area contributed by atoms with E-state index in [0.29, 0.717) is 19.3 Å². The van der Waals surface area contributed by atoms with E-state index in [9.17, 15) is 19.8 Å². The lowest BCUT2D eigenvalue weighted by molar-refractivity contribution is -0.151. The minimum atomic E-state index is -0.804. The number of rotatable bonds is 47. The van der Waals surface area contributed by atoms with Gasteiger partial charge in [-0.1, -0.05) is 229 Å². The summed E-state index contributed by atoms with van der Waals surface area (Å²) in [6.45, 7) is 6.34. The predicted molar refractivity (Wildman–Crippen MR) is 273 cm³/mol. The number of carbonyl (C=O) groups excluding carboxylic acids is 2. The summed E-state index contributed by atoms with van der Waals surface area (Å²) in [6, 6.07) is -0.721. The number of aliphatic hydroxyl groups is 2. The second kappa shape index (κ2) is 50.3. The molecule has 0 bridgehead atoms. The number of aliphatic hydroxyl groups excluding tert-OH is 2. The average molecular weight is 880 g/mol. The molecule has 6 heteroatoms. The van der Waals surface area contributed by atoms with E-state index in [1.165, 1.54) is 109 Å². The Bertz CT molecular complexity index is 1170. The maximum Gasteiger partial charge on any atom is 0.306 e. The summed E-state index contributed by atoms with van der Waals surface area (Å²) in [7, 11) is 0. The Hall–Kier alpha value is -2.70. The molecule has 0 radical (unpaired) electrons. The number of esters is 1. The SMILES string of the molecule is CC/C=C/C/C=C/C/C=C/CCCCC(CC(=O)NC(CO)C(O)CCCCCCCCCCCCCCCC)OC(=O)CCCCCCC/C=C/C=C/C=C/CCCCCCC. The first-order chi connectivity index (χ1) is 31.0. The van der Waals surface area contributed by atoms with E-state index in [4.69, 9.17) is 4.74 Å². The third-order valence-electron chi connectivity index (χ3n) is 11.8. The van der Waals surface area contributed by atoms with Crippen molar-refractivity contribution in [3.8, 4) is 0 Å². The smallest absolute Gasteiger partial charge is 0.306 e. The lowest BCUT2D eigenvalue weighted by atomic mass is 10.0. The van der Waals surface area contributed by atoms with Gasteiger partial charge in [-0.3, -0.25) is 9.59 Å². The number of ether oxygens (including phenoxy) is 1. The van der Waals surface area contributed by atoms with Gasteiger partial charge in [0.2, 0.25) is 5.91 Å². The van der Waals surface area contributed by atoms with Crippen molar-refractivity contribution in [2.45, 2.75) is 270 Å². The van der Waals surface area contributed by atoms with Gasteiger partial charge >= 0.3 is 5.97 Å². The molecule has 0 aliphatic heterocycles. The standard InChI is InChI=1S/C57H101NO5/c1-4-7-10-13-16-19-22-25-27-28-29-30-32-35-38-41-44-47-50-57(62)63-53(48-45-42-39-36-33-24-21-18-15-12-9-6-3)51-56(61)58-54(52-59)55(60)49-46-43-40-37-34-31-26-23-20-17-14-11-8-5-2/h9,12,18,21-22,25,27-30,33,36,53-55,59-60H,4-8,10-11,13-17,19-20,23-24,26,31-32,34-35,37-52H2,1-3H3,(H,58,61)/b12-9+,21-18+,25-22+,28-27+,30-29+,36-33+. The van der Waals surface area contributed by atoms with Crippen molar-refractivity contribution in [2.24, 2.45) is 0 Å². The zero-order valence-corrected chi connectivity index (χ0v) is 41.4. The topological polar surface area (TPSA) is 95.9 Å². The summed E-state index contributed by atoms with van der Waals surface area (Å²) >= 11 is 0. The van der Waals surface area contributed by atoms with Crippen molar-refractivity contribution in [3.63, 3.8) is 0 Å². The molecule has 0 aromatic heterocycles. The molecule has 3 N–H and O–H groups in total. The fourth-order valence-electron chi connectivity index (χ4n) is 7.80. The molecule has 0 spiro atoms. The molecule has 0 aromatic carbocycles. The zero-order chi connectivity index (χ0) is 45.9. The molecule has 0 aromatic rings. The molecule has 0 aliphatic rings. The van der Waals surface area contributed by atoms with Gasteiger partial charge < -0.3 is 20.3 Å². The number of carbonyl (C=O) groups is 2. The second-order valence-corrected chi connectivity index (χ2v) is 18.0. The van der Waals surface area contributed by atoms with E-state index in [0.717, 1.165) is 96.3 Å². The van der Waals surface area contributed by atoms with Crippen molar-refractivity contribution in [2.75, 3.05) is 6.61 Å². The van der Waals surface area contributed by atoms with E-state index in [2.05, 4.69) is 99.0 Å². The minimum absolute atomic E-state index is 0.0407. The highest BCUT2D eigenvalue weighted by Gasteiger charge is 2.24. The van der Waals surface area contributed by atoms with Crippen LogP contribution in [0.4, 0.5) is 0 Å². The predicted octanol–water partition coefficient (Wildman–Crippen LogP) is 16.2. The van der Waals surface area contributed by atoms with Crippen LogP contribution in [0.3, 0.4) is 0 Å². The van der Waals surface area contributed by atoms with Crippen LogP contribution in [0.15, 0.2) is 72.9 Å². The maximum absolute atomic E-state index is 13.2. The quantitative estimate of drug-likeness (QED) is 0.0245. The minimum Gasteiger partial charge on any atom is -0.462 e. The molecule has 1 amide bonds. The number of hydrogen-bond donors (Lipinski definition) is 3. The monoisotopic (exact) mass is 880 g/mol. The Labute approximate surface area is 390 Å². The molecule has 3 unspecified atom stereocenters. The highest BCUT2D eigenvalue weighted by molar-refractivity contribution is 5.77. The number of unbranched alkanes of at least 4 members (excludes halogenated alkanes) is 25. The van der Waals surface area contributed by atoms with Crippen molar-refractivity contribution in [1.82, 2.24) is 5.32 Å². The normalized spacial score (nSPS) is 13.8. The van der Waals surface area contributed by atoms with Crippen molar-refractivity contribution in [3.05, 3.63) is 72.9 Å². The van der Waals surface area contributed by atoms with Gasteiger partial charge in [0, 0.05) is 6.42 Å². The summed E-state index contributed by atoms with van der Waals surface area (Å²) < 4.78 is 5.91. The van der Waals surface area contributed by atoms with Gasteiger partial charge in [0.15, 0.2) is 0 Å². The number of nitrogens with one attached hydrogen (secondary N) is 1. The van der Waals surface area contributed by atoms with Gasteiger partial charge in [-0.05, 0) is 83.5 Å². The van der Waals surface area contributed by atoms with Crippen LogP contribution in [0.5, 0.6) is 0 Å². The number of hydrogen-bond acceptors (Lipinski definition) is 5. The van der Waals surface area contributed by atoms with Crippen LogP contribution in [0.25, 0.3) is 0 Å². The molecule has 3 atom stereocenters. The lowest BCUT2D eigenvalue weighted by Gasteiger charge is -2.24. The van der Waals surface area contributed by atoms with Gasteiger partial charge in [0.1, 0.15) is 6.10 Å². The molecule has 0 fully saturated rings. The second-order valence-electron chi connectivity index (χ2n) is 18.0. The van der Waals surface area contributed by atoms with Gasteiger partial charge in [0.25, 0.3) is 0 Å². The lowest BCUT2D eigenvalue weighted by Crippen LogP contribution is -2.46. The first-order valence-electron chi connectivity index (χ1n) is 26.7. The molecule has 0 heterocycles. The maximum atomic E-state index is 13.2. The molecule has 6 nitrogen and oxygen atoms in total. The van der Waals surface area contributed by atoms with Crippen molar-refractivity contribution < 1.29 is 24.5 Å². The third kappa shape index (κ3) is 45.7. The highest BCUT2D eigenvalue weighted by Crippen LogP contribution is 2.17. The van der Waals surface area contributed by atoms with Crippen LogP contribution in [0.1, 0.15) is 252 Å². The largest absolute Gasteiger partial charge is 0.462 e. The van der Waals surface area contributed by atoms with E-state index in [1.807, 2.05) is 0 Å². The Morgan fingerprint density at radius 3 is 1.44 bits per heavy atom. The molecule has 63 heavy (non-hydrogen) atoms. The number of amides is 1. The molecule has 0 rings (SSSR count). The summed E-state index contributed by atoms with van der Waals surface area (Å²) in [5.74, 6) is -0.536. The Balaban J connectivity index is 4.61. The van der Waals surface area contributed by atoms with Crippen LogP contribution < -0.4 is 5.32 Å². The van der Waals surface area contributed by atoms with Crippen LogP contribution >= 0.6 is 0 Å². The summed E-state index contributed by atoms with van der Waals surface area (Å²) in [5.41, 5.74) is 0. The molecule has 0 aliphatic carbocycles. The van der Waals surface area contributed by atoms with Gasteiger partial charge in [-0.25, -0.2) is 0 Å². The molecular formula is C57H101NO5. The zero-order valence-electron chi connectivity index (χ0n) is 41.4. The molecule has 0 saturated heterocycles. The molecule has 0 saturated carbocycles. The van der Waals surface area contributed by atoms with Crippen LogP contribution in [-0.2, 0) is 14.3 Å². The number of allylic oxidation sites excluding steroid dienone is 12. The van der Waals surface area contributed by atoms with Gasteiger partial charge in [0.05, 0.1) is 25.2 Å². The van der Waals surface area contributed by atoms with E-state index < -0.39 is 18.2 Å². The fourth-order valence-corrected chi connectivity index (χ4v) is 7.80. The van der Waals surface area contributed by atoms with E-state index >= 15 is 0 Å². The Morgan fingerprint density at radius 1 is 0.492 bits per heavy atom. The molecule has 364 valence electrons. The van der Waals surface area contributed by atoms with Gasteiger partial charge in [-0.15, -0.1) is 0 Å². The average Bonchev–Trinajstić information content (AvgIpc) is 3.28. The summed E-state index contributed by atoms with van der Waals surface area (Å²) in [6.07, 6.45) is 63.9. The third-order valence-corrected chi connectivity index (χ3v) is 11.8. The van der Waals surface area contributed by atoms with E-state index in [1.54, 1.807) is 0 Å². The molecular weight excluding hydrogens is 779 g/mol. The first kappa shape index (κ1) is 60.3. The van der Waals surface area contributed by atoms with Crippen molar-refractivity contribution in [1.29, 1.82) is 0 Å². The van der Waals surface area contributed by atoms with E-state index in [-0.39, 0.29) is 24.9 Å². The van der Waals surface area contributed by atoms with Crippen LogP contribution in [-0.4, -0.2) is 46.9 Å². The Morgan fingerprint density at radius 2 is 0.921 bits per heavy atom. The Kier molecular flexibility index (Phi) is 48.1. The summed E-state index contributed by atoms with van der Waals surface area (Å²) in [4.78, 5) is 26.2. The highest BCUT2D eigenvalue weighted by atomic mass is 16.5. The fraction of sp³-hybridized carbons (Fsp3) is 0.754. The van der Waals surface area contributed by atoms with Crippen LogP contribution in [0, 0.1) is 0 Å². The van der Waals surface area contributed by atoms with Crippen molar-refractivity contribution >= 4 is 11.9 Å². The summed E-state index contributed by atoms with van der Waals surface area (Å²) in [5, 5.41) is 23.8.